The molecule has 0 aliphatic carbocycles. The first-order valence-electron chi connectivity index (χ1n) is 9.28. The van der Waals surface area contributed by atoms with Gasteiger partial charge in [0.1, 0.15) is 11.4 Å². The summed E-state index contributed by atoms with van der Waals surface area (Å²) in [4.78, 5) is 13.3. The SMILES string of the molecule is COc1ccc(N2CCCN(c3ccc(S(=O)(=O)C(F)(F)F)cc3[N+](=O)[O-])CC2)cc1. The van der Waals surface area contributed by atoms with Gasteiger partial charge >= 0.3 is 5.51 Å². The van der Waals surface area contributed by atoms with Crippen molar-refractivity contribution in [2.75, 3.05) is 43.1 Å². The van der Waals surface area contributed by atoms with Crippen LogP contribution < -0.4 is 14.5 Å². The third-order valence-corrected chi connectivity index (χ3v) is 6.52. The van der Waals surface area contributed by atoms with Crippen LogP contribution in [0.1, 0.15) is 6.42 Å². The van der Waals surface area contributed by atoms with Crippen LogP contribution >= 0.6 is 0 Å². The number of nitro benzene ring substituents is 1. The molecule has 1 fully saturated rings. The van der Waals surface area contributed by atoms with E-state index in [9.17, 15) is 31.7 Å². The van der Waals surface area contributed by atoms with Gasteiger partial charge in [0.15, 0.2) is 0 Å². The standard InChI is InChI=1S/C19H20F3N3O5S/c1-30-15-5-3-14(4-6-15)23-9-2-10-24(12-11-23)17-8-7-16(13-18(17)25(26)27)31(28,29)19(20,21)22/h3-8,13H,2,9-12H2,1H3. The number of methoxy groups -OCH3 is 1. The first kappa shape index (κ1) is 22.7. The fourth-order valence-electron chi connectivity index (χ4n) is 3.43. The number of nitrogens with zero attached hydrogens (tertiary/aromatic N) is 3. The number of alkyl halides is 3. The molecule has 2 aromatic rings. The molecule has 0 bridgehead atoms. The molecule has 1 heterocycles. The lowest BCUT2D eigenvalue weighted by atomic mass is 10.2. The molecule has 0 atom stereocenters. The number of halogens is 3. The number of nitro groups is 1. The Morgan fingerprint density at radius 3 is 2.19 bits per heavy atom. The lowest BCUT2D eigenvalue weighted by Crippen LogP contribution is -2.31. The minimum absolute atomic E-state index is 0.0858. The minimum Gasteiger partial charge on any atom is -0.497 e. The molecule has 0 N–H and O–H groups in total. The molecule has 3 rings (SSSR count). The fourth-order valence-corrected chi connectivity index (χ4v) is 4.21. The molecule has 2 aromatic carbocycles. The molecule has 0 aromatic heterocycles. The summed E-state index contributed by atoms with van der Waals surface area (Å²) in [5.41, 5.74) is -5.18. The molecule has 168 valence electrons. The molecule has 1 saturated heterocycles. The number of rotatable bonds is 5. The van der Waals surface area contributed by atoms with Gasteiger partial charge in [-0.3, -0.25) is 10.1 Å². The van der Waals surface area contributed by atoms with Crippen molar-refractivity contribution in [2.24, 2.45) is 0 Å². The Morgan fingerprint density at radius 1 is 1.00 bits per heavy atom. The van der Waals surface area contributed by atoms with E-state index in [2.05, 4.69) is 4.90 Å². The molecule has 0 amide bonds. The molecule has 12 heteroatoms. The van der Waals surface area contributed by atoms with Crippen LogP contribution in [0.25, 0.3) is 0 Å². The van der Waals surface area contributed by atoms with Crippen molar-refractivity contribution in [2.45, 2.75) is 16.8 Å². The first-order valence-corrected chi connectivity index (χ1v) is 10.8. The minimum atomic E-state index is -5.68. The van der Waals surface area contributed by atoms with Crippen LogP contribution in [-0.2, 0) is 9.84 Å². The summed E-state index contributed by atoms with van der Waals surface area (Å²) in [6.45, 7) is 2.00. The highest BCUT2D eigenvalue weighted by atomic mass is 32.2. The Hall–Kier alpha value is -3.02. The Labute approximate surface area is 176 Å². The van der Waals surface area contributed by atoms with Gasteiger partial charge in [-0.15, -0.1) is 0 Å². The highest BCUT2D eigenvalue weighted by molar-refractivity contribution is 7.92. The number of hydrogen-bond acceptors (Lipinski definition) is 7. The van der Waals surface area contributed by atoms with E-state index in [1.54, 1.807) is 12.0 Å². The van der Waals surface area contributed by atoms with Gasteiger partial charge in [-0.1, -0.05) is 0 Å². The third-order valence-electron chi connectivity index (χ3n) is 5.03. The summed E-state index contributed by atoms with van der Waals surface area (Å²) in [6, 6.07) is 9.74. The number of hydrogen-bond donors (Lipinski definition) is 0. The van der Waals surface area contributed by atoms with Gasteiger partial charge in [0.25, 0.3) is 15.5 Å². The maximum absolute atomic E-state index is 12.8. The molecular formula is C19H20F3N3O5S. The highest BCUT2D eigenvalue weighted by Crippen LogP contribution is 2.36. The normalized spacial score (nSPS) is 15.5. The van der Waals surface area contributed by atoms with E-state index in [0.29, 0.717) is 44.4 Å². The van der Waals surface area contributed by atoms with Crippen LogP contribution in [0.5, 0.6) is 5.75 Å². The van der Waals surface area contributed by atoms with Gasteiger partial charge < -0.3 is 14.5 Å². The summed E-state index contributed by atoms with van der Waals surface area (Å²) in [5.74, 6) is 0.713. The second kappa shape index (κ2) is 8.61. The topological polar surface area (TPSA) is 93.0 Å². The van der Waals surface area contributed by atoms with Crippen LogP contribution in [0, 0.1) is 10.1 Å². The summed E-state index contributed by atoms with van der Waals surface area (Å²) in [7, 11) is -4.11. The van der Waals surface area contributed by atoms with Gasteiger partial charge in [0, 0.05) is 37.9 Å². The molecule has 0 saturated carbocycles. The Bertz CT molecular complexity index is 1060. The fraction of sp³-hybridized carbons (Fsp3) is 0.368. The van der Waals surface area contributed by atoms with Crippen molar-refractivity contribution in [1.29, 1.82) is 0 Å². The molecule has 1 aliphatic heterocycles. The van der Waals surface area contributed by atoms with Gasteiger partial charge in [0.2, 0.25) is 0 Å². The van der Waals surface area contributed by atoms with Crippen molar-refractivity contribution in [3.05, 3.63) is 52.6 Å². The second-order valence-electron chi connectivity index (χ2n) is 6.88. The number of anilines is 2. The van der Waals surface area contributed by atoms with Crippen LogP contribution in [0.2, 0.25) is 0 Å². The lowest BCUT2D eigenvalue weighted by Gasteiger charge is -2.25. The summed E-state index contributed by atoms with van der Waals surface area (Å²) < 4.78 is 66.9. The van der Waals surface area contributed by atoms with Crippen LogP contribution in [0.3, 0.4) is 0 Å². The van der Waals surface area contributed by atoms with Crippen molar-refractivity contribution in [3.63, 3.8) is 0 Å². The summed E-state index contributed by atoms with van der Waals surface area (Å²) in [6.07, 6.45) is 0.645. The van der Waals surface area contributed by atoms with Crippen molar-refractivity contribution in [1.82, 2.24) is 0 Å². The lowest BCUT2D eigenvalue weighted by molar-refractivity contribution is -0.384. The Kier molecular flexibility index (Phi) is 6.30. The van der Waals surface area contributed by atoms with Gasteiger partial charge in [-0.05, 0) is 42.8 Å². The maximum Gasteiger partial charge on any atom is 0.501 e. The van der Waals surface area contributed by atoms with E-state index < -0.39 is 30.9 Å². The molecule has 31 heavy (non-hydrogen) atoms. The van der Waals surface area contributed by atoms with E-state index in [1.165, 1.54) is 0 Å². The first-order chi connectivity index (χ1) is 14.5. The van der Waals surface area contributed by atoms with Gasteiger partial charge in [-0.25, -0.2) is 8.42 Å². The Balaban J connectivity index is 1.86. The van der Waals surface area contributed by atoms with Crippen molar-refractivity contribution in [3.8, 4) is 5.75 Å². The van der Waals surface area contributed by atoms with Crippen molar-refractivity contribution < 1.29 is 31.2 Å². The zero-order valence-electron chi connectivity index (χ0n) is 16.5. The van der Waals surface area contributed by atoms with E-state index >= 15 is 0 Å². The van der Waals surface area contributed by atoms with Gasteiger partial charge in [-0.2, -0.15) is 13.2 Å². The smallest absolute Gasteiger partial charge is 0.497 e. The summed E-state index contributed by atoms with van der Waals surface area (Å²) in [5, 5.41) is 11.5. The zero-order valence-corrected chi connectivity index (χ0v) is 17.3. The maximum atomic E-state index is 12.8. The summed E-state index contributed by atoms with van der Waals surface area (Å²) >= 11 is 0. The molecule has 1 aliphatic rings. The highest BCUT2D eigenvalue weighted by Gasteiger charge is 2.47. The number of ether oxygens (including phenoxy) is 1. The van der Waals surface area contributed by atoms with E-state index in [0.717, 1.165) is 17.8 Å². The Morgan fingerprint density at radius 2 is 1.61 bits per heavy atom. The van der Waals surface area contributed by atoms with Gasteiger partial charge in [0.05, 0.1) is 16.9 Å². The second-order valence-corrected chi connectivity index (χ2v) is 8.82. The predicted octanol–water partition coefficient (Wildman–Crippen LogP) is 3.61. The largest absolute Gasteiger partial charge is 0.501 e. The predicted molar refractivity (Wildman–Crippen MR) is 108 cm³/mol. The number of sulfone groups is 1. The van der Waals surface area contributed by atoms with E-state index in [4.69, 9.17) is 4.74 Å². The molecule has 0 unspecified atom stereocenters. The molecule has 0 radical (unpaired) electrons. The quantitative estimate of drug-likeness (QED) is 0.498. The van der Waals surface area contributed by atoms with Crippen LogP contribution in [0.4, 0.5) is 30.2 Å². The number of benzene rings is 2. The van der Waals surface area contributed by atoms with Crippen LogP contribution in [-0.4, -0.2) is 52.1 Å². The van der Waals surface area contributed by atoms with Crippen LogP contribution in [0.15, 0.2) is 47.4 Å². The average Bonchev–Trinajstić information content (AvgIpc) is 2.98. The third kappa shape index (κ3) is 4.68. The molecule has 0 spiro atoms. The van der Waals surface area contributed by atoms with Crippen molar-refractivity contribution >= 4 is 26.9 Å². The molecule has 8 nitrogen and oxygen atoms in total. The molecular weight excluding hydrogens is 439 g/mol. The monoisotopic (exact) mass is 459 g/mol. The van der Waals surface area contributed by atoms with E-state index in [-0.39, 0.29) is 5.69 Å². The average molecular weight is 459 g/mol. The van der Waals surface area contributed by atoms with E-state index in [1.807, 2.05) is 24.3 Å². The zero-order chi connectivity index (χ0) is 22.8.